The molecule has 4 aliphatic rings. The van der Waals surface area contributed by atoms with E-state index in [4.69, 9.17) is 0 Å². The van der Waals surface area contributed by atoms with E-state index in [0.29, 0.717) is 10.8 Å². The Kier molecular flexibility index (Phi) is 2.38. The van der Waals surface area contributed by atoms with Gasteiger partial charge in [-0.2, -0.15) is 0 Å². The first-order valence-electron chi connectivity index (χ1n) is 7.64. The molecule has 4 aliphatic carbocycles. The highest BCUT2D eigenvalue weighted by Crippen LogP contribution is 2.72. The standard InChI is InChI=1S/C17H24OS/c1-15-6-12-7-16(2,9-15)11-17(8-12,10-15)14(18)13-4-3-5-19-13/h3-5,12,14,18H,6-11H2,1-2H3. The molecule has 0 saturated heterocycles. The SMILES string of the molecule is CC12CC3CC(C)(C1)CC(C(O)c1cccs1)(C3)C2. The Morgan fingerprint density at radius 1 is 1.16 bits per heavy atom. The van der Waals surface area contributed by atoms with Crippen LogP contribution in [0.4, 0.5) is 0 Å². The summed E-state index contributed by atoms with van der Waals surface area (Å²) in [6.45, 7) is 4.96. The maximum absolute atomic E-state index is 11.0. The molecular weight excluding hydrogens is 252 g/mol. The van der Waals surface area contributed by atoms with Crippen LogP contribution in [0.2, 0.25) is 0 Å². The van der Waals surface area contributed by atoms with Gasteiger partial charge in [0.15, 0.2) is 0 Å². The van der Waals surface area contributed by atoms with E-state index in [-0.39, 0.29) is 11.5 Å². The van der Waals surface area contributed by atoms with Crippen LogP contribution in [0.5, 0.6) is 0 Å². The third-order valence-corrected chi connectivity index (χ3v) is 6.99. The summed E-state index contributed by atoms with van der Waals surface area (Å²) in [5.41, 5.74) is 1.16. The zero-order valence-corrected chi connectivity index (χ0v) is 12.8. The lowest BCUT2D eigenvalue weighted by Crippen LogP contribution is -2.56. The predicted molar refractivity (Wildman–Crippen MR) is 79.1 cm³/mol. The Morgan fingerprint density at radius 2 is 1.84 bits per heavy atom. The van der Waals surface area contributed by atoms with E-state index in [1.54, 1.807) is 11.3 Å². The van der Waals surface area contributed by atoms with Crippen molar-refractivity contribution < 1.29 is 5.11 Å². The van der Waals surface area contributed by atoms with Crippen molar-refractivity contribution in [1.82, 2.24) is 0 Å². The number of aliphatic hydroxyl groups is 1. The molecule has 1 N–H and O–H groups in total. The second-order valence-electron chi connectivity index (χ2n) is 8.41. The van der Waals surface area contributed by atoms with Gasteiger partial charge in [-0.25, -0.2) is 0 Å². The van der Waals surface area contributed by atoms with Gasteiger partial charge in [0.05, 0.1) is 6.10 Å². The Balaban J connectivity index is 1.75. The number of hydrogen-bond acceptors (Lipinski definition) is 2. The van der Waals surface area contributed by atoms with Crippen molar-refractivity contribution in [3.05, 3.63) is 22.4 Å². The van der Waals surface area contributed by atoms with E-state index in [1.165, 1.54) is 43.4 Å². The van der Waals surface area contributed by atoms with Crippen molar-refractivity contribution in [2.45, 2.75) is 58.5 Å². The van der Waals surface area contributed by atoms with Crippen molar-refractivity contribution in [2.24, 2.45) is 22.2 Å². The van der Waals surface area contributed by atoms with Crippen LogP contribution < -0.4 is 0 Å². The van der Waals surface area contributed by atoms with Gasteiger partial charge in [-0.3, -0.25) is 0 Å². The summed E-state index contributed by atoms with van der Waals surface area (Å²) in [7, 11) is 0. The van der Waals surface area contributed by atoms with Crippen LogP contribution in [0.3, 0.4) is 0 Å². The number of thiophene rings is 1. The largest absolute Gasteiger partial charge is 0.387 e. The summed E-state index contributed by atoms with van der Waals surface area (Å²) in [5.74, 6) is 0.862. The Morgan fingerprint density at radius 3 is 2.37 bits per heavy atom. The predicted octanol–water partition coefficient (Wildman–Crippen LogP) is 4.78. The van der Waals surface area contributed by atoms with Gasteiger partial charge in [-0.15, -0.1) is 11.3 Å². The molecular formula is C17H24OS. The first-order chi connectivity index (χ1) is 8.92. The molecule has 1 nitrogen and oxygen atoms in total. The fraction of sp³-hybridized carbons (Fsp3) is 0.765. The van der Waals surface area contributed by atoms with Gasteiger partial charge < -0.3 is 5.11 Å². The molecule has 1 aromatic heterocycles. The minimum absolute atomic E-state index is 0.174. The summed E-state index contributed by atoms with van der Waals surface area (Å²) in [5, 5.41) is 13.1. The van der Waals surface area contributed by atoms with Gasteiger partial charge in [0, 0.05) is 10.3 Å². The fourth-order valence-electron chi connectivity index (χ4n) is 6.59. The van der Waals surface area contributed by atoms with Crippen LogP contribution in [0.25, 0.3) is 0 Å². The minimum atomic E-state index is -0.227. The molecule has 0 spiro atoms. The van der Waals surface area contributed by atoms with Gasteiger partial charge in [-0.1, -0.05) is 19.9 Å². The number of hydrogen-bond donors (Lipinski definition) is 1. The molecule has 1 heterocycles. The molecule has 19 heavy (non-hydrogen) atoms. The second-order valence-corrected chi connectivity index (χ2v) is 9.39. The average Bonchev–Trinajstić information content (AvgIpc) is 2.75. The molecule has 0 aliphatic heterocycles. The zero-order chi connectivity index (χ0) is 13.3. The first-order valence-corrected chi connectivity index (χ1v) is 8.52. The monoisotopic (exact) mass is 276 g/mol. The van der Waals surface area contributed by atoms with Crippen LogP contribution in [-0.4, -0.2) is 5.11 Å². The highest BCUT2D eigenvalue weighted by molar-refractivity contribution is 7.10. The highest BCUT2D eigenvalue weighted by atomic mass is 32.1. The molecule has 2 heteroatoms. The molecule has 3 atom stereocenters. The van der Waals surface area contributed by atoms with E-state index < -0.39 is 0 Å². The molecule has 104 valence electrons. The van der Waals surface area contributed by atoms with Gasteiger partial charge >= 0.3 is 0 Å². The normalized spacial score (nSPS) is 49.5. The van der Waals surface area contributed by atoms with Gasteiger partial charge in [0.2, 0.25) is 0 Å². The molecule has 4 bridgehead atoms. The third-order valence-electron chi connectivity index (χ3n) is 6.06. The maximum Gasteiger partial charge on any atom is 0.0938 e. The Hall–Kier alpha value is -0.340. The fourth-order valence-corrected chi connectivity index (χ4v) is 7.44. The molecule has 0 aromatic carbocycles. The van der Waals surface area contributed by atoms with Crippen LogP contribution in [0, 0.1) is 22.2 Å². The van der Waals surface area contributed by atoms with Crippen molar-refractivity contribution >= 4 is 11.3 Å². The van der Waals surface area contributed by atoms with Crippen molar-refractivity contribution in [3.8, 4) is 0 Å². The quantitative estimate of drug-likeness (QED) is 0.824. The Labute approximate surface area is 120 Å². The smallest absolute Gasteiger partial charge is 0.0938 e. The third kappa shape index (κ3) is 1.76. The minimum Gasteiger partial charge on any atom is -0.387 e. The average molecular weight is 276 g/mol. The molecule has 1 aromatic rings. The van der Waals surface area contributed by atoms with Gasteiger partial charge in [0.1, 0.15) is 0 Å². The van der Waals surface area contributed by atoms with E-state index in [0.717, 1.165) is 5.92 Å². The molecule has 3 unspecified atom stereocenters. The van der Waals surface area contributed by atoms with E-state index in [2.05, 4.69) is 31.4 Å². The van der Waals surface area contributed by atoms with Crippen LogP contribution >= 0.6 is 11.3 Å². The summed E-state index contributed by atoms with van der Waals surface area (Å²) >= 11 is 1.73. The van der Waals surface area contributed by atoms with Crippen LogP contribution in [0.15, 0.2) is 17.5 Å². The lowest BCUT2D eigenvalue weighted by atomic mass is 9.39. The Bertz CT molecular complexity index is 473. The molecule has 0 amide bonds. The second kappa shape index (κ2) is 3.65. The van der Waals surface area contributed by atoms with Crippen molar-refractivity contribution in [2.75, 3.05) is 0 Å². The summed E-state index contributed by atoms with van der Waals surface area (Å²) < 4.78 is 0. The summed E-state index contributed by atoms with van der Waals surface area (Å²) in [4.78, 5) is 1.19. The van der Waals surface area contributed by atoms with E-state index >= 15 is 0 Å². The van der Waals surface area contributed by atoms with Crippen molar-refractivity contribution in [3.63, 3.8) is 0 Å². The lowest BCUT2D eigenvalue weighted by molar-refractivity contribution is -0.186. The van der Waals surface area contributed by atoms with Gasteiger partial charge in [0.25, 0.3) is 0 Å². The molecule has 4 saturated carbocycles. The molecule has 0 radical (unpaired) electrons. The van der Waals surface area contributed by atoms with Gasteiger partial charge in [-0.05, 0) is 66.7 Å². The zero-order valence-electron chi connectivity index (χ0n) is 12.0. The maximum atomic E-state index is 11.0. The molecule has 5 rings (SSSR count). The topological polar surface area (TPSA) is 20.2 Å². The number of aliphatic hydroxyl groups excluding tert-OH is 1. The first kappa shape index (κ1) is 12.4. The van der Waals surface area contributed by atoms with Crippen LogP contribution in [0.1, 0.15) is 63.4 Å². The van der Waals surface area contributed by atoms with Crippen LogP contribution in [-0.2, 0) is 0 Å². The molecule has 4 fully saturated rings. The number of rotatable bonds is 2. The lowest BCUT2D eigenvalue weighted by Gasteiger charge is -2.66. The van der Waals surface area contributed by atoms with E-state index in [9.17, 15) is 5.11 Å². The summed E-state index contributed by atoms with van der Waals surface area (Å²) in [6, 6.07) is 4.20. The highest BCUT2D eigenvalue weighted by Gasteiger charge is 2.62. The van der Waals surface area contributed by atoms with E-state index in [1.807, 2.05) is 0 Å². The van der Waals surface area contributed by atoms with Crippen molar-refractivity contribution in [1.29, 1.82) is 0 Å². The summed E-state index contributed by atoms with van der Waals surface area (Å²) in [6.07, 6.45) is 7.71.